The fourth-order valence-electron chi connectivity index (χ4n) is 4.79. The standard InChI is InChI=1S/C27H32N4O3/c1-29(2)13-5-15-34-22-10-7-19(8-11-22)20-9-12-24-23(16-20)26-25(17-28-24)30(3)27(32)31(26)21-6-4-14-33-18-21/h7-12,16-17,21H,4-6,13-15,18H2,1-3H3/t21-/m1/s1. The summed E-state index contributed by atoms with van der Waals surface area (Å²) in [6, 6.07) is 14.5. The van der Waals surface area contributed by atoms with E-state index in [0.29, 0.717) is 13.2 Å². The first-order valence-corrected chi connectivity index (χ1v) is 12.0. The predicted molar refractivity (Wildman–Crippen MR) is 136 cm³/mol. The Hall–Kier alpha value is -3.16. The molecule has 178 valence electrons. The van der Waals surface area contributed by atoms with Crippen LogP contribution in [-0.4, -0.2) is 59.5 Å². The average molecular weight is 461 g/mol. The maximum atomic E-state index is 13.2. The summed E-state index contributed by atoms with van der Waals surface area (Å²) in [6.07, 6.45) is 4.71. The molecule has 1 aliphatic rings. The molecule has 0 N–H and O–H groups in total. The van der Waals surface area contributed by atoms with E-state index in [4.69, 9.17) is 9.47 Å². The van der Waals surface area contributed by atoms with E-state index in [-0.39, 0.29) is 11.7 Å². The molecule has 1 aliphatic heterocycles. The van der Waals surface area contributed by atoms with E-state index in [0.717, 1.165) is 71.2 Å². The number of nitrogens with zero attached hydrogens (tertiary/aromatic N) is 4. The van der Waals surface area contributed by atoms with Gasteiger partial charge in [-0.25, -0.2) is 4.79 Å². The summed E-state index contributed by atoms with van der Waals surface area (Å²) in [5, 5.41) is 0.988. The van der Waals surface area contributed by atoms with Gasteiger partial charge in [0.2, 0.25) is 0 Å². The molecule has 4 aromatic rings. The highest BCUT2D eigenvalue weighted by atomic mass is 16.5. The normalized spacial score (nSPS) is 16.5. The molecule has 3 heterocycles. The SMILES string of the molecule is CN(C)CCCOc1ccc(-c2ccc3ncc4c(c3c2)n([C@@H]2CCCOC2)c(=O)n4C)cc1. The van der Waals surface area contributed by atoms with E-state index < -0.39 is 0 Å². The van der Waals surface area contributed by atoms with Crippen LogP contribution in [0.4, 0.5) is 0 Å². The van der Waals surface area contributed by atoms with Crippen molar-refractivity contribution < 1.29 is 9.47 Å². The van der Waals surface area contributed by atoms with Gasteiger partial charge in [-0.15, -0.1) is 0 Å². The molecule has 1 fully saturated rings. The van der Waals surface area contributed by atoms with E-state index in [9.17, 15) is 4.79 Å². The molecule has 7 nitrogen and oxygen atoms in total. The Balaban J connectivity index is 1.51. The third-order valence-corrected chi connectivity index (χ3v) is 6.62. The van der Waals surface area contributed by atoms with Crippen LogP contribution in [0.25, 0.3) is 33.1 Å². The second-order valence-electron chi connectivity index (χ2n) is 9.34. The predicted octanol–water partition coefficient (Wildman–Crippen LogP) is 4.24. The van der Waals surface area contributed by atoms with Crippen molar-refractivity contribution in [2.75, 3.05) is 40.5 Å². The van der Waals surface area contributed by atoms with Gasteiger partial charge in [-0.1, -0.05) is 18.2 Å². The van der Waals surface area contributed by atoms with Gasteiger partial charge < -0.3 is 14.4 Å². The van der Waals surface area contributed by atoms with Crippen molar-refractivity contribution in [2.45, 2.75) is 25.3 Å². The Labute approximate surface area is 199 Å². The number of hydrogen-bond acceptors (Lipinski definition) is 5. The lowest BCUT2D eigenvalue weighted by molar-refractivity contribution is 0.0593. The van der Waals surface area contributed by atoms with Crippen molar-refractivity contribution >= 4 is 21.9 Å². The molecule has 5 rings (SSSR count). The van der Waals surface area contributed by atoms with Gasteiger partial charge in [-0.2, -0.15) is 0 Å². The Bertz CT molecular complexity index is 1350. The van der Waals surface area contributed by atoms with E-state index in [1.807, 2.05) is 29.8 Å². The van der Waals surface area contributed by atoms with Crippen LogP contribution in [0.3, 0.4) is 0 Å². The second-order valence-corrected chi connectivity index (χ2v) is 9.34. The third kappa shape index (κ3) is 4.33. The fraction of sp³-hybridized carbons (Fsp3) is 0.407. The third-order valence-electron chi connectivity index (χ3n) is 6.62. The van der Waals surface area contributed by atoms with Gasteiger partial charge in [0.25, 0.3) is 0 Å². The molecule has 34 heavy (non-hydrogen) atoms. The minimum Gasteiger partial charge on any atom is -0.494 e. The summed E-state index contributed by atoms with van der Waals surface area (Å²) in [6.45, 7) is 3.04. The molecule has 7 heteroatoms. The highest BCUT2D eigenvalue weighted by molar-refractivity contribution is 6.04. The van der Waals surface area contributed by atoms with Crippen molar-refractivity contribution in [2.24, 2.45) is 7.05 Å². The number of aryl methyl sites for hydroxylation is 1. The van der Waals surface area contributed by atoms with Crippen LogP contribution in [0, 0.1) is 0 Å². The van der Waals surface area contributed by atoms with Crippen molar-refractivity contribution in [1.29, 1.82) is 0 Å². The van der Waals surface area contributed by atoms with Crippen molar-refractivity contribution in [3.8, 4) is 16.9 Å². The highest BCUT2D eigenvalue weighted by Gasteiger charge is 2.23. The molecule has 0 amide bonds. The zero-order chi connectivity index (χ0) is 23.7. The van der Waals surface area contributed by atoms with Crippen LogP contribution in [0.15, 0.2) is 53.5 Å². The second kappa shape index (κ2) is 9.60. The van der Waals surface area contributed by atoms with E-state index in [1.165, 1.54) is 0 Å². The Morgan fingerprint density at radius 2 is 1.94 bits per heavy atom. The molecule has 0 radical (unpaired) electrons. The number of aromatic nitrogens is 3. The topological polar surface area (TPSA) is 61.5 Å². The zero-order valence-electron chi connectivity index (χ0n) is 20.2. The van der Waals surface area contributed by atoms with Gasteiger partial charge >= 0.3 is 5.69 Å². The first-order chi connectivity index (χ1) is 16.5. The number of imidazole rings is 1. The van der Waals surface area contributed by atoms with E-state index >= 15 is 0 Å². The van der Waals surface area contributed by atoms with Crippen LogP contribution < -0.4 is 10.4 Å². The summed E-state index contributed by atoms with van der Waals surface area (Å²) in [4.78, 5) is 20.0. The molecule has 2 aromatic heterocycles. The van der Waals surface area contributed by atoms with Crippen LogP contribution in [0.5, 0.6) is 5.75 Å². The summed E-state index contributed by atoms with van der Waals surface area (Å²) >= 11 is 0. The lowest BCUT2D eigenvalue weighted by atomic mass is 10.0. The number of ether oxygens (including phenoxy) is 2. The molecular formula is C27H32N4O3. The Kier molecular flexibility index (Phi) is 6.39. The quantitative estimate of drug-likeness (QED) is 0.386. The summed E-state index contributed by atoms with van der Waals surface area (Å²) in [5.74, 6) is 0.876. The first-order valence-electron chi connectivity index (χ1n) is 12.0. The zero-order valence-corrected chi connectivity index (χ0v) is 20.2. The highest BCUT2D eigenvalue weighted by Crippen LogP contribution is 2.32. The number of benzene rings is 2. The van der Waals surface area contributed by atoms with Gasteiger partial charge in [-0.3, -0.25) is 14.1 Å². The van der Waals surface area contributed by atoms with Gasteiger partial charge in [0, 0.05) is 25.6 Å². The van der Waals surface area contributed by atoms with E-state index in [1.54, 1.807) is 10.8 Å². The fourth-order valence-corrected chi connectivity index (χ4v) is 4.79. The van der Waals surface area contributed by atoms with Crippen molar-refractivity contribution in [3.05, 3.63) is 59.1 Å². The van der Waals surface area contributed by atoms with Gasteiger partial charge in [-0.05, 0) is 68.8 Å². The Morgan fingerprint density at radius 1 is 1.15 bits per heavy atom. The lowest BCUT2D eigenvalue weighted by Gasteiger charge is -2.23. The number of pyridine rings is 1. The van der Waals surface area contributed by atoms with E-state index in [2.05, 4.69) is 48.2 Å². The van der Waals surface area contributed by atoms with Gasteiger partial charge in [0.05, 0.1) is 42.0 Å². The molecule has 0 spiro atoms. The molecule has 1 saturated heterocycles. The number of rotatable bonds is 7. The van der Waals surface area contributed by atoms with Crippen LogP contribution in [-0.2, 0) is 11.8 Å². The van der Waals surface area contributed by atoms with Gasteiger partial charge in [0.15, 0.2) is 0 Å². The van der Waals surface area contributed by atoms with Gasteiger partial charge in [0.1, 0.15) is 5.75 Å². The summed E-state index contributed by atoms with van der Waals surface area (Å²) in [7, 11) is 5.96. The summed E-state index contributed by atoms with van der Waals surface area (Å²) < 4.78 is 15.2. The van der Waals surface area contributed by atoms with Crippen LogP contribution >= 0.6 is 0 Å². The molecule has 0 unspecified atom stereocenters. The van der Waals surface area contributed by atoms with Crippen LogP contribution in [0.2, 0.25) is 0 Å². The molecule has 0 aliphatic carbocycles. The first kappa shape index (κ1) is 22.6. The average Bonchev–Trinajstić information content (AvgIpc) is 3.12. The smallest absolute Gasteiger partial charge is 0.329 e. The minimum atomic E-state index is -0.0130. The van der Waals surface area contributed by atoms with Crippen molar-refractivity contribution in [1.82, 2.24) is 19.0 Å². The maximum Gasteiger partial charge on any atom is 0.329 e. The molecule has 2 aromatic carbocycles. The van der Waals surface area contributed by atoms with Crippen molar-refractivity contribution in [3.63, 3.8) is 0 Å². The Morgan fingerprint density at radius 3 is 2.68 bits per heavy atom. The summed E-state index contributed by atoms with van der Waals surface area (Å²) in [5.41, 5.74) is 4.85. The molecule has 1 atom stereocenters. The number of fused-ring (bicyclic) bond motifs is 3. The monoisotopic (exact) mass is 460 g/mol. The largest absolute Gasteiger partial charge is 0.494 e. The molecule has 0 bridgehead atoms. The lowest BCUT2D eigenvalue weighted by Crippen LogP contribution is -2.31. The minimum absolute atomic E-state index is 0.0130. The number of hydrogen-bond donors (Lipinski definition) is 0. The molecular weight excluding hydrogens is 428 g/mol. The molecule has 0 saturated carbocycles. The maximum absolute atomic E-state index is 13.2. The van der Waals surface area contributed by atoms with Crippen LogP contribution in [0.1, 0.15) is 25.3 Å².